The quantitative estimate of drug-likeness (QED) is 0.814. The first kappa shape index (κ1) is 14.0. The van der Waals surface area contributed by atoms with Crippen molar-refractivity contribution in [1.29, 1.82) is 0 Å². The fourth-order valence-electron chi connectivity index (χ4n) is 1.45. The molecule has 1 heterocycles. The van der Waals surface area contributed by atoms with Crippen molar-refractivity contribution in [2.45, 2.75) is 25.5 Å². The van der Waals surface area contributed by atoms with Crippen LogP contribution in [-0.2, 0) is 11.2 Å². The Balaban J connectivity index is 2.45. The SMILES string of the molecule is CC(C)C(S)C(=O)N(C)CCc1ccccn1. The topological polar surface area (TPSA) is 33.2 Å². The Kier molecular flexibility index (Phi) is 5.48. The lowest BCUT2D eigenvalue weighted by Crippen LogP contribution is -2.37. The van der Waals surface area contributed by atoms with Crippen LogP contribution in [-0.4, -0.2) is 34.6 Å². The third-order valence-corrected chi connectivity index (χ3v) is 3.51. The van der Waals surface area contributed by atoms with Gasteiger partial charge < -0.3 is 4.90 Å². The summed E-state index contributed by atoms with van der Waals surface area (Å²) in [6.07, 6.45) is 2.55. The van der Waals surface area contributed by atoms with Crippen molar-refractivity contribution < 1.29 is 4.79 Å². The molecule has 0 saturated carbocycles. The average molecular weight is 252 g/mol. The van der Waals surface area contributed by atoms with Gasteiger partial charge in [0.1, 0.15) is 0 Å². The second-order valence-corrected chi connectivity index (χ2v) is 5.08. The standard InChI is InChI=1S/C13H20N2OS/c1-10(2)12(17)13(16)15(3)9-7-11-6-4-5-8-14-11/h4-6,8,10,12,17H,7,9H2,1-3H3. The monoisotopic (exact) mass is 252 g/mol. The normalized spacial score (nSPS) is 12.5. The molecule has 0 aliphatic rings. The Labute approximate surface area is 109 Å². The molecule has 4 heteroatoms. The van der Waals surface area contributed by atoms with E-state index in [2.05, 4.69) is 17.6 Å². The summed E-state index contributed by atoms with van der Waals surface area (Å²) in [7, 11) is 1.82. The summed E-state index contributed by atoms with van der Waals surface area (Å²) in [4.78, 5) is 17.9. The molecule has 1 aromatic heterocycles. The van der Waals surface area contributed by atoms with Crippen LogP contribution in [0.25, 0.3) is 0 Å². The van der Waals surface area contributed by atoms with E-state index in [9.17, 15) is 4.79 Å². The molecule has 1 unspecified atom stereocenters. The summed E-state index contributed by atoms with van der Waals surface area (Å²) in [5.41, 5.74) is 1.01. The van der Waals surface area contributed by atoms with Crippen molar-refractivity contribution in [3.8, 4) is 0 Å². The number of hydrogen-bond donors (Lipinski definition) is 1. The van der Waals surface area contributed by atoms with Gasteiger partial charge in [0.2, 0.25) is 5.91 Å². The Morgan fingerprint density at radius 2 is 2.18 bits per heavy atom. The van der Waals surface area contributed by atoms with Crippen LogP contribution < -0.4 is 0 Å². The van der Waals surface area contributed by atoms with Crippen LogP contribution in [0.3, 0.4) is 0 Å². The van der Waals surface area contributed by atoms with Crippen molar-refractivity contribution in [3.05, 3.63) is 30.1 Å². The molecule has 17 heavy (non-hydrogen) atoms. The first-order valence-electron chi connectivity index (χ1n) is 5.85. The maximum Gasteiger partial charge on any atom is 0.235 e. The second-order valence-electron chi connectivity index (χ2n) is 4.52. The molecule has 0 aromatic carbocycles. The van der Waals surface area contributed by atoms with Crippen LogP contribution in [0, 0.1) is 5.92 Å². The summed E-state index contributed by atoms with van der Waals surface area (Å²) in [6.45, 7) is 4.68. The van der Waals surface area contributed by atoms with Gasteiger partial charge in [-0.1, -0.05) is 19.9 Å². The van der Waals surface area contributed by atoms with Crippen LogP contribution in [0.5, 0.6) is 0 Å². The average Bonchev–Trinajstić information content (AvgIpc) is 2.35. The van der Waals surface area contributed by atoms with Gasteiger partial charge in [0.05, 0.1) is 5.25 Å². The van der Waals surface area contributed by atoms with E-state index < -0.39 is 0 Å². The van der Waals surface area contributed by atoms with Crippen LogP contribution in [0.2, 0.25) is 0 Å². The van der Waals surface area contributed by atoms with Gasteiger partial charge in [0, 0.05) is 31.9 Å². The van der Waals surface area contributed by atoms with E-state index in [1.807, 2.05) is 39.1 Å². The van der Waals surface area contributed by atoms with Gasteiger partial charge in [0.25, 0.3) is 0 Å². The largest absolute Gasteiger partial charge is 0.344 e. The zero-order chi connectivity index (χ0) is 12.8. The molecule has 0 aliphatic carbocycles. The highest BCUT2D eigenvalue weighted by Crippen LogP contribution is 2.11. The van der Waals surface area contributed by atoms with E-state index in [4.69, 9.17) is 0 Å². The lowest BCUT2D eigenvalue weighted by atomic mass is 10.1. The van der Waals surface area contributed by atoms with Crippen LogP contribution in [0.15, 0.2) is 24.4 Å². The summed E-state index contributed by atoms with van der Waals surface area (Å²) in [5, 5.41) is -0.219. The first-order chi connectivity index (χ1) is 8.02. The lowest BCUT2D eigenvalue weighted by Gasteiger charge is -2.22. The van der Waals surface area contributed by atoms with Gasteiger partial charge in [-0.2, -0.15) is 12.6 Å². The smallest absolute Gasteiger partial charge is 0.235 e. The molecular weight excluding hydrogens is 232 g/mol. The highest BCUT2D eigenvalue weighted by atomic mass is 32.1. The van der Waals surface area contributed by atoms with Crippen molar-refractivity contribution >= 4 is 18.5 Å². The Morgan fingerprint density at radius 1 is 1.47 bits per heavy atom. The Bertz CT molecular complexity index is 354. The van der Waals surface area contributed by atoms with Crippen molar-refractivity contribution in [3.63, 3.8) is 0 Å². The molecule has 1 atom stereocenters. The highest BCUT2D eigenvalue weighted by Gasteiger charge is 2.21. The molecule has 94 valence electrons. The zero-order valence-electron chi connectivity index (χ0n) is 10.6. The summed E-state index contributed by atoms with van der Waals surface area (Å²) in [6, 6.07) is 5.82. The fraction of sp³-hybridized carbons (Fsp3) is 0.538. The van der Waals surface area contributed by atoms with E-state index >= 15 is 0 Å². The van der Waals surface area contributed by atoms with E-state index in [1.54, 1.807) is 11.1 Å². The molecular formula is C13H20N2OS. The number of pyridine rings is 1. The molecule has 0 N–H and O–H groups in total. The predicted molar refractivity (Wildman–Crippen MR) is 73.2 cm³/mol. The minimum atomic E-state index is -0.219. The number of carbonyl (C=O) groups excluding carboxylic acids is 1. The minimum absolute atomic E-state index is 0.0827. The van der Waals surface area contributed by atoms with Gasteiger partial charge in [-0.15, -0.1) is 0 Å². The van der Waals surface area contributed by atoms with Gasteiger partial charge in [-0.3, -0.25) is 9.78 Å². The van der Waals surface area contributed by atoms with E-state index in [-0.39, 0.29) is 17.1 Å². The Hall–Kier alpha value is -1.03. The number of hydrogen-bond acceptors (Lipinski definition) is 3. The lowest BCUT2D eigenvalue weighted by molar-refractivity contribution is -0.129. The maximum atomic E-state index is 11.9. The number of nitrogens with zero attached hydrogens (tertiary/aromatic N) is 2. The summed E-state index contributed by atoms with van der Waals surface area (Å²) >= 11 is 4.33. The van der Waals surface area contributed by atoms with Crippen molar-refractivity contribution in [2.75, 3.05) is 13.6 Å². The molecule has 1 aromatic rings. The number of rotatable bonds is 5. The molecule has 0 fully saturated rings. The number of thiol groups is 1. The fourth-order valence-corrected chi connectivity index (χ4v) is 1.65. The van der Waals surface area contributed by atoms with Gasteiger partial charge in [0.15, 0.2) is 0 Å². The van der Waals surface area contributed by atoms with Gasteiger partial charge in [-0.05, 0) is 18.1 Å². The van der Waals surface area contributed by atoms with E-state index in [0.29, 0.717) is 6.54 Å². The molecule has 3 nitrogen and oxygen atoms in total. The molecule has 0 aliphatic heterocycles. The minimum Gasteiger partial charge on any atom is -0.344 e. The number of carbonyl (C=O) groups is 1. The van der Waals surface area contributed by atoms with E-state index in [1.165, 1.54) is 0 Å². The summed E-state index contributed by atoms with van der Waals surface area (Å²) in [5.74, 6) is 0.336. The Morgan fingerprint density at radius 3 is 2.71 bits per heavy atom. The maximum absolute atomic E-state index is 11.9. The predicted octanol–water partition coefficient (Wildman–Crippen LogP) is 2.04. The molecule has 0 radical (unpaired) electrons. The zero-order valence-corrected chi connectivity index (χ0v) is 11.5. The number of amides is 1. The molecule has 0 spiro atoms. The molecule has 0 saturated heterocycles. The number of aromatic nitrogens is 1. The van der Waals surface area contributed by atoms with E-state index in [0.717, 1.165) is 12.1 Å². The molecule has 1 amide bonds. The highest BCUT2D eigenvalue weighted by molar-refractivity contribution is 7.81. The molecule has 0 bridgehead atoms. The summed E-state index contributed by atoms with van der Waals surface area (Å²) < 4.78 is 0. The van der Waals surface area contributed by atoms with Crippen molar-refractivity contribution in [2.24, 2.45) is 5.92 Å². The number of likely N-dealkylation sites (N-methyl/N-ethyl adjacent to an activating group) is 1. The third-order valence-electron chi connectivity index (χ3n) is 2.69. The first-order valence-corrected chi connectivity index (χ1v) is 6.37. The van der Waals surface area contributed by atoms with Crippen LogP contribution in [0.1, 0.15) is 19.5 Å². The third kappa shape index (κ3) is 4.38. The second kappa shape index (κ2) is 6.64. The van der Waals surface area contributed by atoms with Crippen molar-refractivity contribution in [1.82, 2.24) is 9.88 Å². The van der Waals surface area contributed by atoms with Gasteiger partial charge in [-0.25, -0.2) is 0 Å². The van der Waals surface area contributed by atoms with Crippen LogP contribution in [0.4, 0.5) is 0 Å². The molecule has 1 rings (SSSR count). The van der Waals surface area contributed by atoms with Crippen LogP contribution >= 0.6 is 12.6 Å². The van der Waals surface area contributed by atoms with Gasteiger partial charge >= 0.3 is 0 Å².